The van der Waals surface area contributed by atoms with E-state index in [-0.39, 0.29) is 0 Å². The van der Waals surface area contributed by atoms with Crippen LogP contribution in [0.2, 0.25) is 0 Å². The van der Waals surface area contributed by atoms with Crippen LogP contribution >= 0.6 is 0 Å². The lowest BCUT2D eigenvalue weighted by molar-refractivity contribution is -0.141. The molecule has 0 saturated heterocycles. The molecule has 6 nitrogen and oxygen atoms in total. The molecule has 0 saturated carbocycles. The first-order valence-corrected chi connectivity index (χ1v) is 4.75. The topological polar surface area (TPSA) is 90.9 Å². The average Bonchev–Trinajstić information content (AvgIpc) is 2.40. The molecule has 0 aromatic carbocycles. The first kappa shape index (κ1) is 12.0. The first-order chi connectivity index (χ1) is 7.29. The minimum atomic E-state index is -1.15. The van der Waals surface area contributed by atoms with Crippen molar-refractivity contribution in [1.82, 2.24) is 9.78 Å². The molecule has 1 rings (SSSR count). The zero-order chi connectivity index (χ0) is 12.5. The number of nitrogens with zero attached hydrogens (tertiary/aromatic N) is 3. The summed E-state index contributed by atoms with van der Waals surface area (Å²) in [5, 5.41) is 24.8. The van der Waals surface area contributed by atoms with Crippen LogP contribution in [-0.4, -0.2) is 26.4 Å². The Labute approximate surface area is 93.5 Å². The fourth-order valence-electron chi connectivity index (χ4n) is 1.28. The van der Waals surface area contributed by atoms with Crippen molar-refractivity contribution in [2.75, 3.05) is 5.32 Å². The number of hydrogen-bond acceptors (Lipinski definition) is 4. The maximum atomic E-state index is 11.0. The average molecular weight is 222 g/mol. The molecule has 0 bridgehead atoms. The molecule has 6 heteroatoms. The lowest BCUT2D eigenvalue weighted by Crippen LogP contribution is -2.40. The Hall–Kier alpha value is -2.03. The van der Waals surface area contributed by atoms with E-state index < -0.39 is 11.5 Å². The monoisotopic (exact) mass is 222 g/mol. The number of aliphatic carboxylic acids is 1. The third kappa shape index (κ3) is 1.98. The van der Waals surface area contributed by atoms with Crippen molar-refractivity contribution >= 4 is 11.8 Å². The van der Waals surface area contributed by atoms with Crippen LogP contribution in [0.1, 0.15) is 25.1 Å². The van der Waals surface area contributed by atoms with Crippen LogP contribution < -0.4 is 5.32 Å². The molecule has 1 aromatic rings. The normalized spacial score (nSPS) is 10.9. The number of hydrogen-bond donors (Lipinski definition) is 2. The Morgan fingerprint density at radius 3 is 2.62 bits per heavy atom. The van der Waals surface area contributed by atoms with Gasteiger partial charge in [-0.15, -0.1) is 0 Å². The summed E-state index contributed by atoms with van der Waals surface area (Å²) in [7, 11) is 1.66. The highest BCUT2D eigenvalue weighted by molar-refractivity contribution is 5.82. The molecule has 0 radical (unpaired) electrons. The minimum absolute atomic E-state index is 0.372. The Bertz CT molecular complexity index is 468. The van der Waals surface area contributed by atoms with Crippen molar-refractivity contribution < 1.29 is 9.90 Å². The van der Waals surface area contributed by atoms with Gasteiger partial charge in [0.15, 0.2) is 0 Å². The van der Waals surface area contributed by atoms with E-state index in [1.165, 1.54) is 18.5 Å². The minimum Gasteiger partial charge on any atom is -0.480 e. The maximum absolute atomic E-state index is 11.0. The molecule has 0 aliphatic rings. The standard InChI is InChI=1S/C10H14N4O2/c1-6-7(5-11)8(14(4)13-6)12-10(2,3)9(15)16/h12H,1-4H3,(H,15,16). The zero-order valence-corrected chi connectivity index (χ0v) is 9.70. The molecule has 1 heterocycles. The van der Waals surface area contributed by atoms with E-state index in [1.807, 2.05) is 6.07 Å². The summed E-state index contributed by atoms with van der Waals surface area (Å²) in [5.74, 6) is -0.567. The fraction of sp³-hybridized carbons (Fsp3) is 0.500. The van der Waals surface area contributed by atoms with E-state index in [0.29, 0.717) is 17.1 Å². The molecule has 16 heavy (non-hydrogen) atoms. The number of carbonyl (C=O) groups is 1. The second-order valence-electron chi connectivity index (χ2n) is 4.10. The lowest BCUT2D eigenvalue weighted by atomic mass is 10.1. The summed E-state index contributed by atoms with van der Waals surface area (Å²) in [5.41, 5.74) is -0.197. The van der Waals surface area contributed by atoms with Gasteiger partial charge in [0.25, 0.3) is 0 Å². The lowest BCUT2D eigenvalue weighted by Gasteiger charge is -2.22. The molecule has 0 unspecified atom stereocenters. The molecule has 0 atom stereocenters. The van der Waals surface area contributed by atoms with Crippen molar-refractivity contribution in [3.05, 3.63) is 11.3 Å². The Morgan fingerprint density at radius 2 is 2.19 bits per heavy atom. The largest absolute Gasteiger partial charge is 0.480 e. The summed E-state index contributed by atoms with van der Waals surface area (Å²) in [6.45, 7) is 4.76. The van der Waals surface area contributed by atoms with E-state index in [2.05, 4.69) is 10.4 Å². The van der Waals surface area contributed by atoms with Crippen LogP contribution in [0.4, 0.5) is 5.82 Å². The van der Waals surface area contributed by atoms with Crippen LogP contribution in [0.3, 0.4) is 0 Å². The summed E-state index contributed by atoms with van der Waals surface area (Å²) in [6.07, 6.45) is 0. The third-order valence-electron chi connectivity index (χ3n) is 2.30. The number of nitriles is 1. The zero-order valence-electron chi connectivity index (χ0n) is 9.70. The van der Waals surface area contributed by atoms with E-state index >= 15 is 0 Å². The summed E-state index contributed by atoms with van der Waals surface area (Å²) in [4.78, 5) is 11.0. The smallest absolute Gasteiger partial charge is 0.328 e. The number of rotatable bonds is 3. The number of aromatic nitrogens is 2. The van der Waals surface area contributed by atoms with Crippen molar-refractivity contribution in [3.8, 4) is 6.07 Å². The Balaban J connectivity index is 3.17. The van der Waals surface area contributed by atoms with Gasteiger partial charge in [-0.1, -0.05) is 0 Å². The summed E-state index contributed by atoms with van der Waals surface area (Å²) < 4.78 is 1.47. The van der Waals surface area contributed by atoms with E-state index in [9.17, 15) is 4.79 Å². The maximum Gasteiger partial charge on any atom is 0.328 e. The summed E-state index contributed by atoms with van der Waals surface area (Å²) in [6, 6.07) is 2.01. The molecule has 0 aliphatic heterocycles. The van der Waals surface area contributed by atoms with Gasteiger partial charge in [-0.05, 0) is 20.8 Å². The van der Waals surface area contributed by atoms with E-state index in [4.69, 9.17) is 10.4 Å². The highest BCUT2D eigenvalue weighted by atomic mass is 16.4. The molecule has 86 valence electrons. The van der Waals surface area contributed by atoms with Crippen molar-refractivity contribution in [2.24, 2.45) is 7.05 Å². The van der Waals surface area contributed by atoms with Gasteiger partial charge in [-0.2, -0.15) is 10.4 Å². The number of carboxylic acid groups (broad SMARTS) is 1. The number of anilines is 1. The molecule has 0 aliphatic carbocycles. The third-order valence-corrected chi connectivity index (χ3v) is 2.30. The van der Waals surface area contributed by atoms with Crippen LogP contribution in [0.15, 0.2) is 0 Å². The highest BCUT2D eigenvalue weighted by Gasteiger charge is 2.29. The van der Waals surface area contributed by atoms with Crippen LogP contribution in [-0.2, 0) is 11.8 Å². The van der Waals surface area contributed by atoms with E-state index in [0.717, 1.165) is 0 Å². The van der Waals surface area contributed by atoms with Gasteiger partial charge in [0, 0.05) is 7.05 Å². The molecular formula is C10H14N4O2. The predicted octanol–water partition coefficient (Wildman–Crippen LogP) is 0.875. The number of nitrogens with one attached hydrogen (secondary N) is 1. The predicted molar refractivity (Wildman–Crippen MR) is 58.0 cm³/mol. The van der Waals surface area contributed by atoms with Crippen molar-refractivity contribution in [3.63, 3.8) is 0 Å². The van der Waals surface area contributed by atoms with Gasteiger partial charge in [0.05, 0.1) is 5.69 Å². The molecular weight excluding hydrogens is 208 g/mol. The second-order valence-corrected chi connectivity index (χ2v) is 4.10. The first-order valence-electron chi connectivity index (χ1n) is 4.75. The number of carboxylic acids is 1. The SMILES string of the molecule is Cc1nn(C)c(NC(C)(C)C(=O)O)c1C#N. The number of aryl methyl sites for hydroxylation is 2. The van der Waals surface area contributed by atoms with Gasteiger partial charge in [0.2, 0.25) is 0 Å². The highest BCUT2D eigenvalue weighted by Crippen LogP contribution is 2.21. The summed E-state index contributed by atoms with van der Waals surface area (Å²) >= 11 is 0. The van der Waals surface area contributed by atoms with Crippen LogP contribution in [0.25, 0.3) is 0 Å². The molecule has 1 aromatic heterocycles. The van der Waals surface area contributed by atoms with Gasteiger partial charge in [-0.25, -0.2) is 4.79 Å². The Morgan fingerprint density at radius 1 is 1.62 bits per heavy atom. The van der Waals surface area contributed by atoms with Crippen molar-refractivity contribution in [2.45, 2.75) is 26.3 Å². The van der Waals surface area contributed by atoms with Crippen molar-refractivity contribution in [1.29, 1.82) is 5.26 Å². The van der Waals surface area contributed by atoms with Gasteiger partial charge in [-0.3, -0.25) is 4.68 Å². The molecule has 0 amide bonds. The molecule has 0 fully saturated rings. The fourth-order valence-corrected chi connectivity index (χ4v) is 1.28. The molecule has 2 N–H and O–H groups in total. The van der Waals surface area contributed by atoms with Crippen LogP contribution in [0, 0.1) is 18.3 Å². The second kappa shape index (κ2) is 3.85. The molecule has 0 spiro atoms. The Kier molecular flexibility index (Phi) is 2.90. The van der Waals surface area contributed by atoms with Gasteiger partial charge < -0.3 is 10.4 Å². The van der Waals surface area contributed by atoms with Gasteiger partial charge >= 0.3 is 5.97 Å². The van der Waals surface area contributed by atoms with Crippen LogP contribution in [0.5, 0.6) is 0 Å². The van der Waals surface area contributed by atoms with Gasteiger partial charge in [0.1, 0.15) is 23.0 Å². The van der Waals surface area contributed by atoms with E-state index in [1.54, 1.807) is 14.0 Å². The quantitative estimate of drug-likeness (QED) is 0.792.